The van der Waals surface area contributed by atoms with Gasteiger partial charge in [0.05, 0.1) is 13.2 Å². The van der Waals surface area contributed by atoms with Gasteiger partial charge in [-0.05, 0) is 19.4 Å². The molecule has 3 heteroatoms. The molecule has 0 fully saturated rings. The second kappa shape index (κ2) is 7.05. The highest BCUT2D eigenvalue weighted by Gasteiger charge is 2.25. The van der Waals surface area contributed by atoms with Crippen LogP contribution in [-0.4, -0.2) is 25.2 Å². The molecule has 1 aromatic carbocycles. The number of benzene rings is 1. The lowest BCUT2D eigenvalue weighted by molar-refractivity contribution is -0.0444. The lowest BCUT2D eigenvalue weighted by Crippen LogP contribution is -2.29. The SMILES string of the molecule is CCOCCOC(C)(CBr)c1ccccc1. The van der Waals surface area contributed by atoms with Crippen LogP contribution in [0.2, 0.25) is 0 Å². The molecule has 16 heavy (non-hydrogen) atoms. The summed E-state index contributed by atoms with van der Waals surface area (Å²) in [5.74, 6) is 0. The van der Waals surface area contributed by atoms with Crippen LogP contribution in [0, 0.1) is 0 Å². The van der Waals surface area contributed by atoms with Crippen LogP contribution >= 0.6 is 15.9 Å². The van der Waals surface area contributed by atoms with Crippen molar-refractivity contribution < 1.29 is 9.47 Å². The van der Waals surface area contributed by atoms with Crippen LogP contribution < -0.4 is 0 Å². The van der Waals surface area contributed by atoms with Crippen molar-refractivity contribution in [3.8, 4) is 0 Å². The number of hydrogen-bond donors (Lipinski definition) is 0. The number of alkyl halides is 1. The predicted molar refractivity (Wildman–Crippen MR) is 70.0 cm³/mol. The Bertz CT molecular complexity index is 289. The first-order valence-corrected chi connectivity index (χ1v) is 6.68. The van der Waals surface area contributed by atoms with E-state index >= 15 is 0 Å². The third kappa shape index (κ3) is 3.89. The van der Waals surface area contributed by atoms with Crippen molar-refractivity contribution in [1.82, 2.24) is 0 Å². The first kappa shape index (κ1) is 13.7. The Labute approximate surface area is 106 Å². The Hall–Kier alpha value is -0.380. The van der Waals surface area contributed by atoms with E-state index in [1.807, 2.05) is 25.1 Å². The second-order valence-electron chi connectivity index (χ2n) is 3.78. The summed E-state index contributed by atoms with van der Waals surface area (Å²) >= 11 is 3.51. The quantitative estimate of drug-likeness (QED) is 0.565. The fourth-order valence-electron chi connectivity index (χ4n) is 1.46. The highest BCUT2D eigenvalue weighted by Crippen LogP contribution is 2.27. The molecule has 0 bridgehead atoms. The van der Waals surface area contributed by atoms with Gasteiger partial charge in [-0.2, -0.15) is 0 Å². The van der Waals surface area contributed by atoms with Gasteiger partial charge in [0, 0.05) is 11.9 Å². The van der Waals surface area contributed by atoms with Crippen molar-refractivity contribution in [2.75, 3.05) is 25.2 Å². The van der Waals surface area contributed by atoms with Gasteiger partial charge < -0.3 is 9.47 Å². The molecule has 1 aromatic rings. The zero-order valence-electron chi connectivity index (χ0n) is 9.91. The summed E-state index contributed by atoms with van der Waals surface area (Å²) in [4.78, 5) is 0. The van der Waals surface area contributed by atoms with Crippen LogP contribution in [0.4, 0.5) is 0 Å². The maximum atomic E-state index is 5.90. The van der Waals surface area contributed by atoms with Crippen LogP contribution in [0.25, 0.3) is 0 Å². The third-order valence-corrected chi connectivity index (χ3v) is 3.56. The van der Waals surface area contributed by atoms with E-state index in [2.05, 4.69) is 35.0 Å². The maximum absolute atomic E-state index is 5.90. The van der Waals surface area contributed by atoms with Gasteiger partial charge in [-0.25, -0.2) is 0 Å². The third-order valence-electron chi connectivity index (χ3n) is 2.49. The van der Waals surface area contributed by atoms with Gasteiger partial charge >= 0.3 is 0 Å². The first-order valence-electron chi connectivity index (χ1n) is 5.56. The van der Waals surface area contributed by atoms with Crippen LogP contribution in [0.15, 0.2) is 30.3 Å². The Morgan fingerprint density at radius 1 is 1.19 bits per heavy atom. The zero-order chi connectivity index (χ0) is 11.9. The summed E-state index contributed by atoms with van der Waals surface area (Å²) in [6, 6.07) is 10.2. The molecule has 0 amide bonds. The molecule has 0 saturated carbocycles. The van der Waals surface area contributed by atoms with Gasteiger partial charge in [-0.3, -0.25) is 0 Å². The molecule has 1 unspecified atom stereocenters. The number of hydrogen-bond acceptors (Lipinski definition) is 2. The number of halogens is 1. The molecule has 0 radical (unpaired) electrons. The van der Waals surface area contributed by atoms with Crippen molar-refractivity contribution in [2.24, 2.45) is 0 Å². The van der Waals surface area contributed by atoms with E-state index in [4.69, 9.17) is 9.47 Å². The summed E-state index contributed by atoms with van der Waals surface area (Å²) in [5.41, 5.74) is 0.904. The van der Waals surface area contributed by atoms with Crippen LogP contribution in [0.3, 0.4) is 0 Å². The summed E-state index contributed by atoms with van der Waals surface area (Å²) < 4.78 is 11.2. The van der Waals surface area contributed by atoms with E-state index in [1.54, 1.807) is 0 Å². The lowest BCUT2D eigenvalue weighted by Gasteiger charge is -2.28. The minimum atomic E-state index is -0.279. The molecule has 0 spiro atoms. The highest BCUT2D eigenvalue weighted by molar-refractivity contribution is 9.09. The van der Waals surface area contributed by atoms with Crippen molar-refractivity contribution in [2.45, 2.75) is 19.4 Å². The molecular formula is C13H19BrO2. The lowest BCUT2D eigenvalue weighted by atomic mass is 9.98. The highest BCUT2D eigenvalue weighted by atomic mass is 79.9. The molecule has 1 rings (SSSR count). The van der Waals surface area contributed by atoms with E-state index in [-0.39, 0.29) is 5.60 Å². The van der Waals surface area contributed by atoms with Crippen molar-refractivity contribution in [3.05, 3.63) is 35.9 Å². The van der Waals surface area contributed by atoms with E-state index in [0.717, 1.165) is 11.9 Å². The van der Waals surface area contributed by atoms with Crippen molar-refractivity contribution >= 4 is 15.9 Å². The monoisotopic (exact) mass is 286 g/mol. The minimum absolute atomic E-state index is 0.279. The largest absolute Gasteiger partial charge is 0.379 e. The average Bonchev–Trinajstić information content (AvgIpc) is 2.35. The predicted octanol–water partition coefficient (Wildman–Crippen LogP) is 3.35. The smallest absolute Gasteiger partial charge is 0.100 e. The fraction of sp³-hybridized carbons (Fsp3) is 0.538. The second-order valence-corrected chi connectivity index (χ2v) is 4.34. The van der Waals surface area contributed by atoms with Crippen LogP contribution in [0.5, 0.6) is 0 Å². The summed E-state index contributed by atoms with van der Waals surface area (Å²) in [6.45, 7) is 6.07. The summed E-state index contributed by atoms with van der Waals surface area (Å²) in [7, 11) is 0. The Balaban J connectivity index is 2.56. The molecule has 0 aliphatic heterocycles. The molecule has 1 atom stereocenters. The van der Waals surface area contributed by atoms with Gasteiger partial charge in [0.25, 0.3) is 0 Å². The summed E-state index contributed by atoms with van der Waals surface area (Å²) in [5, 5.41) is 0.774. The molecule has 0 saturated heterocycles. The maximum Gasteiger partial charge on any atom is 0.100 e. The Kier molecular flexibility index (Phi) is 6.03. The standard InChI is InChI=1S/C13H19BrO2/c1-3-15-9-10-16-13(2,11-14)12-7-5-4-6-8-12/h4-8H,3,9-11H2,1-2H3. The van der Waals surface area contributed by atoms with E-state index < -0.39 is 0 Å². The van der Waals surface area contributed by atoms with E-state index in [9.17, 15) is 0 Å². The van der Waals surface area contributed by atoms with Crippen LogP contribution in [0.1, 0.15) is 19.4 Å². The molecule has 2 nitrogen and oxygen atoms in total. The van der Waals surface area contributed by atoms with Crippen molar-refractivity contribution in [3.63, 3.8) is 0 Å². The Morgan fingerprint density at radius 3 is 2.44 bits per heavy atom. The van der Waals surface area contributed by atoms with E-state index in [1.165, 1.54) is 5.56 Å². The van der Waals surface area contributed by atoms with Gasteiger partial charge in [0.15, 0.2) is 0 Å². The van der Waals surface area contributed by atoms with Gasteiger partial charge in [0.1, 0.15) is 5.60 Å². The molecular weight excluding hydrogens is 268 g/mol. The van der Waals surface area contributed by atoms with E-state index in [0.29, 0.717) is 13.2 Å². The first-order chi connectivity index (χ1) is 7.73. The molecule has 0 aliphatic carbocycles. The van der Waals surface area contributed by atoms with Crippen LogP contribution in [-0.2, 0) is 15.1 Å². The van der Waals surface area contributed by atoms with Crippen molar-refractivity contribution in [1.29, 1.82) is 0 Å². The molecule has 0 aliphatic rings. The minimum Gasteiger partial charge on any atom is -0.379 e. The number of ether oxygens (including phenoxy) is 2. The number of rotatable bonds is 7. The molecule has 0 aromatic heterocycles. The summed E-state index contributed by atoms with van der Waals surface area (Å²) in [6.07, 6.45) is 0. The molecule has 0 heterocycles. The normalized spacial score (nSPS) is 14.7. The molecule has 0 N–H and O–H groups in total. The fourth-order valence-corrected chi connectivity index (χ4v) is 1.95. The van der Waals surface area contributed by atoms with Gasteiger partial charge in [-0.1, -0.05) is 46.3 Å². The Morgan fingerprint density at radius 2 is 1.88 bits per heavy atom. The van der Waals surface area contributed by atoms with Gasteiger partial charge in [0.2, 0.25) is 0 Å². The molecule has 90 valence electrons. The van der Waals surface area contributed by atoms with Gasteiger partial charge in [-0.15, -0.1) is 0 Å². The zero-order valence-corrected chi connectivity index (χ0v) is 11.5. The average molecular weight is 287 g/mol. The topological polar surface area (TPSA) is 18.5 Å².